The summed E-state index contributed by atoms with van der Waals surface area (Å²) < 4.78 is 34.5. The molecule has 0 aliphatic carbocycles. The normalized spacial score (nSPS) is 19.6. The van der Waals surface area contributed by atoms with E-state index in [9.17, 15) is 13.6 Å². The van der Waals surface area contributed by atoms with Crippen molar-refractivity contribution in [1.82, 2.24) is 9.61 Å². The van der Waals surface area contributed by atoms with Gasteiger partial charge in [-0.25, -0.2) is 18.1 Å². The summed E-state index contributed by atoms with van der Waals surface area (Å²) in [5.41, 5.74) is 2.43. The molecule has 0 spiro atoms. The van der Waals surface area contributed by atoms with Crippen molar-refractivity contribution in [2.24, 2.45) is 0 Å². The smallest absolute Gasteiger partial charge is 0.341 e. The zero-order chi connectivity index (χ0) is 19.0. The van der Waals surface area contributed by atoms with Crippen molar-refractivity contribution in [2.75, 3.05) is 18.1 Å². The molecule has 1 aliphatic rings. The minimum atomic E-state index is -1.01. The Labute approximate surface area is 155 Å². The molecule has 0 N–H and O–H groups in total. The van der Waals surface area contributed by atoms with Crippen molar-refractivity contribution >= 4 is 17.2 Å². The van der Waals surface area contributed by atoms with Crippen molar-refractivity contribution in [3.05, 3.63) is 65.7 Å². The molecule has 1 aromatic carbocycles. The van der Waals surface area contributed by atoms with Crippen LogP contribution in [0.25, 0.3) is 5.52 Å². The second-order valence-corrected chi connectivity index (χ2v) is 6.55. The van der Waals surface area contributed by atoms with Crippen LogP contribution in [0.3, 0.4) is 0 Å². The highest BCUT2D eigenvalue weighted by Crippen LogP contribution is 2.38. The number of esters is 1. The number of hydrogen-bond donors (Lipinski definition) is 0. The molecule has 2 unspecified atom stereocenters. The van der Waals surface area contributed by atoms with E-state index in [1.807, 2.05) is 11.0 Å². The summed E-state index contributed by atoms with van der Waals surface area (Å²) in [5, 5.41) is 4.17. The molecule has 0 amide bonds. The number of aromatic nitrogens is 2. The Morgan fingerprint density at radius 1 is 1.33 bits per heavy atom. The maximum Gasteiger partial charge on any atom is 0.341 e. The van der Waals surface area contributed by atoms with Gasteiger partial charge in [0.05, 0.1) is 24.4 Å². The molecule has 3 heterocycles. The third-order valence-electron chi connectivity index (χ3n) is 4.82. The highest BCUT2D eigenvalue weighted by atomic mass is 19.1. The minimum absolute atomic E-state index is 0.209. The molecular formula is C20H19F2N3O2. The Hall–Kier alpha value is -2.96. The van der Waals surface area contributed by atoms with E-state index >= 15 is 0 Å². The standard InChI is InChI=1S/C20H19F2N3O2/c1-2-27-20(26)17-11-23-25-7-6-16(10-19(17)25)24-12-15(22)9-18(24)13-4-3-5-14(21)8-13/h3-8,10-11,15,18H,2,9,12H2,1H3. The molecule has 0 radical (unpaired) electrons. The molecule has 27 heavy (non-hydrogen) atoms. The summed E-state index contributed by atoms with van der Waals surface area (Å²) in [6, 6.07) is 9.60. The topological polar surface area (TPSA) is 46.8 Å². The summed E-state index contributed by atoms with van der Waals surface area (Å²) >= 11 is 0. The first-order chi connectivity index (χ1) is 13.1. The Morgan fingerprint density at radius 3 is 2.96 bits per heavy atom. The average Bonchev–Trinajstić information content (AvgIpc) is 3.25. The molecule has 7 heteroatoms. The fraction of sp³-hybridized carbons (Fsp3) is 0.300. The SMILES string of the molecule is CCOC(=O)c1cnn2ccc(N3CC(F)CC3c3cccc(F)c3)cc12. The number of hydrogen-bond acceptors (Lipinski definition) is 4. The lowest BCUT2D eigenvalue weighted by atomic mass is 10.0. The van der Waals surface area contributed by atoms with E-state index in [1.165, 1.54) is 18.3 Å². The molecule has 5 nitrogen and oxygen atoms in total. The van der Waals surface area contributed by atoms with Crippen LogP contribution < -0.4 is 4.90 Å². The number of fused-ring (bicyclic) bond motifs is 1. The van der Waals surface area contributed by atoms with E-state index in [1.54, 1.807) is 35.8 Å². The van der Waals surface area contributed by atoms with Gasteiger partial charge in [0, 0.05) is 24.8 Å². The molecule has 2 atom stereocenters. The van der Waals surface area contributed by atoms with Crippen LogP contribution >= 0.6 is 0 Å². The number of carbonyl (C=O) groups excluding carboxylic acids is 1. The fourth-order valence-corrected chi connectivity index (χ4v) is 3.61. The Bertz CT molecular complexity index is 988. The van der Waals surface area contributed by atoms with Crippen LogP contribution in [0.2, 0.25) is 0 Å². The molecule has 1 saturated heterocycles. The van der Waals surface area contributed by atoms with Gasteiger partial charge in [-0.15, -0.1) is 0 Å². The van der Waals surface area contributed by atoms with Gasteiger partial charge in [0.25, 0.3) is 0 Å². The van der Waals surface area contributed by atoms with Crippen molar-refractivity contribution in [3.63, 3.8) is 0 Å². The van der Waals surface area contributed by atoms with Gasteiger partial charge in [0.1, 0.15) is 17.6 Å². The van der Waals surface area contributed by atoms with Crippen LogP contribution in [0, 0.1) is 5.82 Å². The highest BCUT2D eigenvalue weighted by Gasteiger charge is 2.34. The van der Waals surface area contributed by atoms with Gasteiger partial charge in [0.2, 0.25) is 0 Å². The molecule has 4 rings (SSSR count). The number of nitrogens with zero attached hydrogens (tertiary/aromatic N) is 3. The number of pyridine rings is 1. The molecule has 1 fully saturated rings. The van der Waals surface area contributed by atoms with Crippen LogP contribution in [0.1, 0.15) is 35.3 Å². The van der Waals surface area contributed by atoms with Gasteiger partial charge in [-0.05, 0) is 36.8 Å². The van der Waals surface area contributed by atoms with Gasteiger partial charge in [-0.1, -0.05) is 12.1 Å². The summed E-state index contributed by atoms with van der Waals surface area (Å²) in [5.74, 6) is -0.790. The quantitative estimate of drug-likeness (QED) is 0.652. The lowest BCUT2D eigenvalue weighted by Gasteiger charge is -2.27. The van der Waals surface area contributed by atoms with E-state index in [2.05, 4.69) is 5.10 Å². The van der Waals surface area contributed by atoms with Crippen molar-refractivity contribution in [2.45, 2.75) is 25.6 Å². The van der Waals surface area contributed by atoms with Gasteiger partial charge in [-0.3, -0.25) is 0 Å². The first-order valence-electron chi connectivity index (χ1n) is 8.87. The Balaban J connectivity index is 1.73. The zero-order valence-corrected chi connectivity index (χ0v) is 14.8. The van der Waals surface area contributed by atoms with Crippen molar-refractivity contribution < 1.29 is 18.3 Å². The number of benzene rings is 1. The lowest BCUT2D eigenvalue weighted by molar-refractivity contribution is 0.0528. The first kappa shape index (κ1) is 17.5. The second kappa shape index (κ2) is 6.98. The summed E-state index contributed by atoms with van der Waals surface area (Å²) in [6.07, 6.45) is 2.47. The predicted octanol–water partition coefficient (Wildman–Crippen LogP) is 3.94. The number of ether oxygens (including phenoxy) is 1. The average molecular weight is 371 g/mol. The van der Waals surface area contributed by atoms with Gasteiger partial charge in [-0.2, -0.15) is 5.10 Å². The first-order valence-corrected chi connectivity index (χ1v) is 8.87. The maximum absolute atomic E-state index is 14.2. The minimum Gasteiger partial charge on any atom is -0.462 e. The number of rotatable bonds is 4. The van der Waals surface area contributed by atoms with Crippen molar-refractivity contribution in [1.29, 1.82) is 0 Å². The number of alkyl halides is 1. The molecular weight excluding hydrogens is 352 g/mol. The van der Waals surface area contributed by atoms with Gasteiger partial charge >= 0.3 is 5.97 Å². The monoisotopic (exact) mass is 371 g/mol. The van der Waals surface area contributed by atoms with E-state index in [0.29, 0.717) is 17.5 Å². The number of halogens is 2. The molecule has 140 valence electrons. The van der Waals surface area contributed by atoms with Gasteiger partial charge < -0.3 is 9.64 Å². The lowest BCUT2D eigenvalue weighted by Crippen LogP contribution is -2.23. The second-order valence-electron chi connectivity index (χ2n) is 6.55. The van der Waals surface area contributed by atoms with E-state index in [-0.39, 0.29) is 25.0 Å². The molecule has 1 aliphatic heterocycles. The largest absolute Gasteiger partial charge is 0.462 e. The zero-order valence-electron chi connectivity index (χ0n) is 14.8. The molecule has 2 aromatic heterocycles. The summed E-state index contributed by atoms with van der Waals surface area (Å²) in [6.45, 7) is 2.22. The van der Waals surface area contributed by atoms with E-state index < -0.39 is 12.1 Å². The Kier molecular flexibility index (Phi) is 4.51. The van der Waals surface area contributed by atoms with Crippen LogP contribution in [0.4, 0.5) is 14.5 Å². The highest BCUT2D eigenvalue weighted by molar-refractivity contribution is 5.97. The third-order valence-corrected chi connectivity index (χ3v) is 4.82. The third kappa shape index (κ3) is 3.25. The predicted molar refractivity (Wildman–Crippen MR) is 97.1 cm³/mol. The Morgan fingerprint density at radius 2 is 2.19 bits per heavy atom. The van der Waals surface area contributed by atoms with E-state index in [0.717, 1.165) is 11.3 Å². The molecule has 0 saturated carbocycles. The van der Waals surface area contributed by atoms with Crippen LogP contribution in [-0.2, 0) is 4.74 Å². The fourth-order valence-electron chi connectivity index (χ4n) is 3.61. The van der Waals surface area contributed by atoms with Crippen molar-refractivity contribution in [3.8, 4) is 0 Å². The summed E-state index contributed by atoms with van der Waals surface area (Å²) in [7, 11) is 0. The van der Waals surface area contributed by atoms with Crippen LogP contribution in [0.15, 0.2) is 48.8 Å². The van der Waals surface area contributed by atoms with Crippen LogP contribution in [0.5, 0.6) is 0 Å². The van der Waals surface area contributed by atoms with Gasteiger partial charge in [0.15, 0.2) is 0 Å². The molecule has 3 aromatic rings. The molecule has 0 bridgehead atoms. The van der Waals surface area contributed by atoms with E-state index in [4.69, 9.17) is 4.74 Å². The van der Waals surface area contributed by atoms with Crippen LogP contribution in [-0.4, -0.2) is 34.9 Å². The number of anilines is 1. The summed E-state index contributed by atoms with van der Waals surface area (Å²) in [4.78, 5) is 14.0. The maximum atomic E-state index is 14.2. The number of carbonyl (C=O) groups is 1.